The monoisotopic (exact) mass is 272 g/mol. The summed E-state index contributed by atoms with van der Waals surface area (Å²) in [6.07, 6.45) is 0. The van der Waals surface area contributed by atoms with Gasteiger partial charge in [-0.2, -0.15) is 0 Å². The Bertz CT molecular complexity index is 412. The van der Waals surface area contributed by atoms with E-state index in [1.807, 2.05) is 0 Å². The maximum absolute atomic E-state index is 11.4. The van der Waals surface area contributed by atoms with Crippen molar-refractivity contribution in [3.8, 4) is 5.75 Å². The number of carbonyl (C=O) groups is 1. The number of primary amides is 1. The second-order valence-corrected chi connectivity index (χ2v) is 4.08. The number of hydrogen-bond donors (Lipinski definition) is 2. The predicted molar refractivity (Wildman–Crippen MR) is 69.8 cm³/mol. The highest BCUT2D eigenvalue weighted by Crippen LogP contribution is 2.27. The summed E-state index contributed by atoms with van der Waals surface area (Å²) in [5, 5.41) is 3.44. The fraction of sp³-hybridized carbons (Fsp3) is 0.417. The van der Waals surface area contributed by atoms with Gasteiger partial charge in [0.2, 0.25) is 5.91 Å². The Balaban J connectivity index is 2.85. The van der Waals surface area contributed by atoms with E-state index in [2.05, 4.69) is 5.32 Å². The minimum Gasteiger partial charge on any atom is -0.495 e. The molecule has 0 saturated carbocycles. The maximum atomic E-state index is 11.4. The van der Waals surface area contributed by atoms with Gasteiger partial charge in [0.05, 0.1) is 18.7 Å². The number of amides is 1. The number of nitrogens with two attached hydrogens (primary N) is 1. The summed E-state index contributed by atoms with van der Waals surface area (Å²) in [4.78, 5) is 11.4. The van der Waals surface area contributed by atoms with Crippen molar-refractivity contribution in [1.29, 1.82) is 0 Å². The molecule has 0 heterocycles. The Morgan fingerprint density at radius 1 is 1.50 bits per heavy atom. The summed E-state index contributed by atoms with van der Waals surface area (Å²) in [7, 11) is 3.12. The van der Waals surface area contributed by atoms with Crippen molar-refractivity contribution in [3.05, 3.63) is 28.8 Å². The van der Waals surface area contributed by atoms with E-state index in [9.17, 15) is 4.79 Å². The van der Waals surface area contributed by atoms with Gasteiger partial charge in [0.15, 0.2) is 0 Å². The maximum Gasteiger partial charge on any atom is 0.239 e. The predicted octanol–water partition coefficient (Wildman–Crippen LogP) is 1.11. The van der Waals surface area contributed by atoms with Gasteiger partial charge >= 0.3 is 0 Å². The first-order valence-corrected chi connectivity index (χ1v) is 5.83. The lowest BCUT2D eigenvalue weighted by atomic mass is 10.1. The van der Waals surface area contributed by atoms with Gasteiger partial charge < -0.3 is 15.2 Å². The highest BCUT2D eigenvalue weighted by Gasteiger charge is 2.18. The van der Waals surface area contributed by atoms with Gasteiger partial charge in [-0.25, -0.2) is 0 Å². The van der Waals surface area contributed by atoms with Crippen molar-refractivity contribution < 1.29 is 14.3 Å². The third-order valence-electron chi connectivity index (χ3n) is 2.45. The first-order chi connectivity index (χ1) is 8.60. The standard InChI is InChI=1S/C12H17ClN2O3/c1-17-6-5-15-11(12(14)16)8-3-4-10(18-2)9(13)7-8/h3-4,7,11,15H,5-6H2,1-2H3,(H2,14,16). The summed E-state index contributed by atoms with van der Waals surface area (Å²) in [6, 6.07) is 4.52. The van der Waals surface area contributed by atoms with Gasteiger partial charge in [-0.1, -0.05) is 17.7 Å². The number of nitrogens with one attached hydrogen (secondary N) is 1. The van der Waals surface area contributed by atoms with E-state index in [0.29, 0.717) is 29.5 Å². The van der Waals surface area contributed by atoms with Crippen LogP contribution >= 0.6 is 11.6 Å². The summed E-state index contributed by atoms with van der Waals surface area (Å²) in [6.45, 7) is 1.02. The van der Waals surface area contributed by atoms with Crippen LogP contribution in [0.25, 0.3) is 0 Å². The number of methoxy groups -OCH3 is 2. The van der Waals surface area contributed by atoms with Gasteiger partial charge in [-0.3, -0.25) is 10.1 Å². The van der Waals surface area contributed by atoms with Crippen LogP contribution in [0.1, 0.15) is 11.6 Å². The number of hydrogen-bond acceptors (Lipinski definition) is 4. The summed E-state index contributed by atoms with van der Waals surface area (Å²) in [5.74, 6) is 0.0906. The average Bonchev–Trinajstić information content (AvgIpc) is 2.34. The lowest BCUT2D eigenvalue weighted by molar-refractivity contribution is -0.120. The van der Waals surface area contributed by atoms with Gasteiger partial charge in [0.25, 0.3) is 0 Å². The lowest BCUT2D eigenvalue weighted by Gasteiger charge is -2.16. The summed E-state index contributed by atoms with van der Waals surface area (Å²) in [5.41, 5.74) is 6.05. The van der Waals surface area contributed by atoms with Crippen LogP contribution in [-0.4, -0.2) is 33.3 Å². The van der Waals surface area contributed by atoms with Gasteiger partial charge in [-0.15, -0.1) is 0 Å². The fourth-order valence-corrected chi connectivity index (χ4v) is 1.82. The van der Waals surface area contributed by atoms with Crippen LogP contribution in [0.3, 0.4) is 0 Å². The Morgan fingerprint density at radius 3 is 2.72 bits per heavy atom. The number of carbonyl (C=O) groups excluding carboxylic acids is 1. The molecule has 0 saturated heterocycles. The van der Waals surface area contributed by atoms with E-state index in [1.165, 1.54) is 7.11 Å². The first kappa shape index (κ1) is 14.8. The van der Waals surface area contributed by atoms with E-state index >= 15 is 0 Å². The van der Waals surface area contributed by atoms with Crippen molar-refractivity contribution in [2.24, 2.45) is 5.73 Å². The molecule has 3 N–H and O–H groups in total. The number of rotatable bonds is 7. The first-order valence-electron chi connectivity index (χ1n) is 5.45. The highest BCUT2D eigenvalue weighted by molar-refractivity contribution is 6.32. The molecule has 0 aliphatic rings. The van der Waals surface area contributed by atoms with E-state index in [4.69, 9.17) is 26.8 Å². The van der Waals surface area contributed by atoms with Crippen LogP contribution in [0.5, 0.6) is 5.75 Å². The Kier molecular flexibility index (Phi) is 5.91. The topological polar surface area (TPSA) is 73.6 Å². The van der Waals surface area contributed by atoms with Gasteiger partial charge in [0, 0.05) is 13.7 Å². The summed E-state index contributed by atoms with van der Waals surface area (Å²) >= 11 is 6.01. The molecule has 18 heavy (non-hydrogen) atoms. The van der Waals surface area contributed by atoms with Crippen molar-refractivity contribution >= 4 is 17.5 Å². The third kappa shape index (κ3) is 3.87. The highest BCUT2D eigenvalue weighted by atomic mass is 35.5. The molecule has 1 atom stereocenters. The quantitative estimate of drug-likeness (QED) is 0.730. The van der Waals surface area contributed by atoms with E-state index in [0.717, 1.165) is 0 Å². The molecule has 1 amide bonds. The summed E-state index contributed by atoms with van der Waals surface area (Å²) < 4.78 is 9.96. The molecule has 1 aromatic carbocycles. The van der Waals surface area contributed by atoms with Crippen molar-refractivity contribution in [2.45, 2.75) is 6.04 Å². The Labute approximate surface area is 111 Å². The zero-order valence-electron chi connectivity index (χ0n) is 10.4. The van der Waals surface area contributed by atoms with Crippen molar-refractivity contribution in [3.63, 3.8) is 0 Å². The van der Waals surface area contributed by atoms with Gasteiger partial charge in [-0.05, 0) is 17.7 Å². The van der Waals surface area contributed by atoms with Crippen LogP contribution in [0, 0.1) is 0 Å². The molecule has 100 valence electrons. The van der Waals surface area contributed by atoms with Crippen LogP contribution in [0.4, 0.5) is 0 Å². The fourth-order valence-electron chi connectivity index (χ4n) is 1.55. The molecule has 1 aromatic rings. The number of halogens is 1. The SMILES string of the molecule is COCCNC(C(N)=O)c1ccc(OC)c(Cl)c1. The largest absolute Gasteiger partial charge is 0.495 e. The van der Waals surface area contributed by atoms with Crippen LogP contribution in [-0.2, 0) is 9.53 Å². The molecule has 0 radical (unpaired) electrons. The molecule has 0 fully saturated rings. The molecule has 0 spiro atoms. The molecule has 0 aromatic heterocycles. The second-order valence-electron chi connectivity index (χ2n) is 3.68. The van der Waals surface area contributed by atoms with E-state index in [1.54, 1.807) is 25.3 Å². The number of benzene rings is 1. The van der Waals surface area contributed by atoms with E-state index < -0.39 is 11.9 Å². The molecule has 1 rings (SSSR count). The third-order valence-corrected chi connectivity index (χ3v) is 2.74. The molecule has 0 aliphatic heterocycles. The molecule has 0 aliphatic carbocycles. The lowest BCUT2D eigenvalue weighted by Crippen LogP contribution is -2.35. The average molecular weight is 273 g/mol. The van der Waals surface area contributed by atoms with Crippen LogP contribution in [0.15, 0.2) is 18.2 Å². The Morgan fingerprint density at radius 2 is 2.22 bits per heavy atom. The van der Waals surface area contributed by atoms with Crippen LogP contribution < -0.4 is 15.8 Å². The zero-order valence-corrected chi connectivity index (χ0v) is 11.2. The van der Waals surface area contributed by atoms with Crippen LogP contribution in [0.2, 0.25) is 5.02 Å². The minimum atomic E-state index is -0.594. The van der Waals surface area contributed by atoms with Crippen molar-refractivity contribution in [2.75, 3.05) is 27.4 Å². The molecule has 1 unspecified atom stereocenters. The zero-order chi connectivity index (χ0) is 13.5. The minimum absolute atomic E-state index is 0.440. The molecule has 0 bridgehead atoms. The molecule has 6 heteroatoms. The smallest absolute Gasteiger partial charge is 0.239 e. The molecular formula is C12H17ClN2O3. The van der Waals surface area contributed by atoms with Gasteiger partial charge in [0.1, 0.15) is 11.8 Å². The normalized spacial score (nSPS) is 12.2. The molecule has 5 nitrogen and oxygen atoms in total. The second kappa shape index (κ2) is 7.20. The number of ether oxygens (including phenoxy) is 2. The molecular weight excluding hydrogens is 256 g/mol. The van der Waals surface area contributed by atoms with Crippen molar-refractivity contribution in [1.82, 2.24) is 5.32 Å². The van der Waals surface area contributed by atoms with E-state index in [-0.39, 0.29) is 0 Å². The Hall–Kier alpha value is -1.30.